The number of carbonyl (C=O) groups excluding carboxylic acids is 1. The first kappa shape index (κ1) is 18.7. The van der Waals surface area contributed by atoms with Gasteiger partial charge in [0.1, 0.15) is 5.75 Å². The molecule has 0 bridgehead atoms. The molecule has 2 aromatic rings. The quantitative estimate of drug-likeness (QED) is 0.615. The lowest BCUT2D eigenvalue weighted by molar-refractivity contribution is -0.384. The summed E-state index contributed by atoms with van der Waals surface area (Å²) in [5.74, 6) is 0.123. The van der Waals surface area contributed by atoms with Crippen LogP contribution in [0.5, 0.6) is 5.75 Å². The molecule has 7 nitrogen and oxygen atoms in total. The van der Waals surface area contributed by atoms with Crippen LogP contribution in [0.3, 0.4) is 0 Å². The van der Waals surface area contributed by atoms with Crippen LogP contribution in [0, 0.1) is 10.1 Å². The van der Waals surface area contributed by atoms with Crippen LogP contribution in [0.25, 0.3) is 0 Å². The van der Waals surface area contributed by atoms with Crippen molar-refractivity contribution in [2.75, 3.05) is 23.4 Å². The second kappa shape index (κ2) is 8.53. The Bertz CT molecular complexity index is 790. The SMILES string of the molecule is C[C@H]1CCCCN1c1ccc(NC(=O)COc2ccc([N+](=O)[O-])cc2)cc1. The topological polar surface area (TPSA) is 84.7 Å². The summed E-state index contributed by atoms with van der Waals surface area (Å²) in [7, 11) is 0. The minimum absolute atomic E-state index is 0.0186. The molecule has 142 valence electrons. The van der Waals surface area contributed by atoms with Crippen molar-refractivity contribution in [1.82, 2.24) is 0 Å². The van der Waals surface area contributed by atoms with Crippen molar-refractivity contribution >= 4 is 23.0 Å². The van der Waals surface area contributed by atoms with Crippen molar-refractivity contribution in [2.45, 2.75) is 32.2 Å². The molecule has 0 aliphatic carbocycles. The van der Waals surface area contributed by atoms with E-state index in [0.717, 1.165) is 6.54 Å². The first-order valence-electron chi connectivity index (χ1n) is 9.07. The summed E-state index contributed by atoms with van der Waals surface area (Å²) in [4.78, 5) is 24.6. The molecule has 1 atom stereocenters. The van der Waals surface area contributed by atoms with Gasteiger partial charge in [-0.1, -0.05) is 0 Å². The van der Waals surface area contributed by atoms with Crippen molar-refractivity contribution in [3.63, 3.8) is 0 Å². The summed E-state index contributed by atoms with van der Waals surface area (Å²) >= 11 is 0. The fraction of sp³-hybridized carbons (Fsp3) is 0.350. The van der Waals surface area contributed by atoms with E-state index in [1.807, 2.05) is 24.3 Å². The first-order valence-corrected chi connectivity index (χ1v) is 9.07. The lowest BCUT2D eigenvalue weighted by atomic mass is 10.0. The maximum Gasteiger partial charge on any atom is 0.269 e. The van der Waals surface area contributed by atoms with Gasteiger partial charge in [-0.05, 0) is 62.6 Å². The van der Waals surface area contributed by atoms with Crippen molar-refractivity contribution in [1.29, 1.82) is 0 Å². The zero-order valence-electron chi connectivity index (χ0n) is 15.3. The molecule has 1 saturated heterocycles. The van der Waals surface area contributed by atoms with Gasteiger partial charge in [0, 0.05) is 36.1 Å². The summed E-state index contributed by atoms with van der Waals surface area (Å²) in [6, 6.07) is 14.0. The standard InChI is InChI=1S/C20H23N3O4/c1-15-4-2-3-13-22(15)17-7-5-16(6-8-17)21-20(24)14-27-19-11-9-18(10-12-19)23(25)26/h5-12,15H,2-4,13-14H2,1H3,(H,21,24)/t15-/m0/s1. The van der Waals surface area contributed by atoms with Gasteiger partial charge in [-0.25, -0.2) is 0 Å². The Morgan fingerprint density at radius 2 is 1.89 bits per heavy atom. The van der Waals surface area contributed by atoms with Crippen molar-refractivity contribution in [3.05, 3.63) is 58.6 Å². The molecule has 1 aliphatic rings. The number of nitro groups is 1. The molecule has 3 rings (SSSR count). The van der Waals surface area contributed by atoms with Crippen molar-refractivity contribution < 1.29 is 14.5 Å². The summed E-state index contributed by atoms with van der Waals surface area (Å²) in [6.45, 7) is 3.14. The smallest absolute Gasteiger partial charge is 0.269 e. The Hall–Kier alpha value is -3.09. The van der Waals surface area contributed by atoms with E-state index in [1.165, 1.54) is 49.2 Å². The Morgan fingerprint density at radius 1 is 1.19 bits per heavy atom. The van der Waals surface area contributed by atoms with Crippen LogP contribution in [0.15, 0.2) is 48.5 Å². The van der Waals surface area contributed by atoms with Crippen LogP contribution in [-0.2, 0) is 4.79 Å². The number of ether oxygens (including phenoxy) is 1. The number of non-ortho nitro benzene ring substituents is 1. The number of carbonyl (C=O) groups is 1. The number of rotatable bonds is 6. The number of benzene rings is 2. The molecule has 7 heteroatoms. The highest BCUT2D eigenvalue weighted by Gasteiger charge is 2.18. The molecular formula is C20H23N3O4. The van der Waals surface area contributed by atoms with Gasteiger partial charge in [-0.15, -0.1) is 0 Å². The predicted octanol–water partition coefficient (Wildman–Crippen LogP) is 3.99. The maximum atomic E-state index is 12.0. The summed E-state index contributed by atoms with van der Waals surface area (Å²) in [5.41, 5.74) is 1.86. The van der Waals surface area contributed by atoms with Crippen LogP contribution in [0.4, 0.5) is 17.1 Å². The van der Waals surface area contributed by atoms with Gasteiger partial charge in [0.2, 0.25) is 0 Å². The fourth-order valence-corrected chi connectivity index (χ4v) is 3.23. The lowest BCUT2D eigenvalue weighted by Gasteiger charge is -2.35. The van der Waals surface area contributed by atoms with Crippen molar-refractivity contribution in [2.24, 2.45) is 0 Å². The van der Waals surface area contributed by atoms with E-state index in [1.54, 1.807) is 0 Å². The Labute approximate surface area is 158 Å². The van der Waals surface area contributed by atoms with Gasteiger partial charge in [-0.2, -0.15) is 0 Å². The van der Waals surface area contributed by atoms with Gasteiger partial charge >= 0.3 is 0 Å². The summed E-state index contributed by atoms with van der Waals surface area (Å²) in [5, 5.41) is 13.4. The second-order valence-electron chi connectivity index (χ2n) is 6.67. The van der Waals surface area contributed by atoms with Crippen LogP contribution in [-0.4, -0.2) is 30.0 Å². The number of piperidine rings is 1. The number of hydrogen-bond acceptors (Lipinski definition) is 5. The molecule has 0 saturated carbocycles. The molecule has 0 spiro atoms. The minimum Gasteiger partial charge on any atom is -0.484 e. The third kappa shape index (κ3) is 4.97. The molecule has 0 unspecified atom stereocenters. The third-order valence-corrected chi connectivity index (χ3v) is 4.70. The number of amides is 1. The summed E-state index contributed by atoms with van der Waals surface area (Å²) < 4.78 is 5.36. The van der Waals surface area contributed by atoms with E-state index in [9.17, 15) is 14.9 Å². The zero-order valence-corrected chi connectivity index (χ0v) is 15.3. The van der Waals surface area contributed by atoms with E-state index >= 15 is 0 Å². The van der Waals surface area contributed by atoms with Crippen LogP contribution in [0.1, 0.15) is 26.2 Å². The molecule has 1 aliphatic heterocycles. The number of hydrogen-bond donors (Lipinski definition) is 1. The first-order chi connectivity index (χ1) is 13.0. The van der Waals surface area contributed by atoms with E-state index in [-0.39, 0.29) is 18.2 Å². The van der Waals surface area contributed by atoms with Crippen LogP contribution >= 0.6 is 0 Å². The van der Waals surface area contributed by atoms with E-state index in [2.05, 4.69) is 17.1 Å². The second-order valence-corrected chi connectivity index (χ2v) is 6.67. The van der Waals surface area contributed by atoms with E-state index in [0.29, 0.717) is 17.5 Å². The fourth-order valence-electron chi connectivity index (χ4n) is 3.23. The molecule has 1 N–H and O–H groups in total. The summed E-state index contributed by atoms with van der Waals surface area (Å²) in [6.07, 6.45) is 3.70. The predicted molar refractivity (Wildman–Crippen MR) is 104 cm³/mol. The molecular weight excluding hydrogens is 346 g/mol. The molecule has 1 fully saturated rings. The maximum absolute atomic E-state index is 12.0. The van der Waals surface area contributed by atoms with Gasteiger partial charge in [-0.3, -0.25) is 14.9 Å². The highest BCUT2D eigenvalue weighted by molar-refractivity contribution is 5.92. The molecule has 0 aromatic heterocycles. The largest absolute Gasteiger partial charge is 0.484 e. The molecule has 0 radical (unpaired) electrons. The number of anilines is 2. The van der Waals surface area contributed by atoms with E-state index in [4.69, 9.17) is 4.74 Å². The van der Waals surface area contributed by atoms with Crippen LogP contribution in [0.2, 0.25) is 0 Å². The minimum atomic E-state index is -0.481. The third-order valence-electron chi connectivity index (χ3n) is 4.70. The molecule has 1 amide bonds. The highest BCUT2D eigenvalue weighted by atomic mass is 16.6. The zero-order chi connectivity index (χ0) is 19.2. The monoisotopic (exact) mass is 369 g/mol. The number of nitro benzene ring substituents is 1. The van der Waals surface area contributed by atoms with Gasteiger partial charge < -0.3 is 15.0 Å². The number of nitrogens with one attached hydrogen (secondary N) is 1. The number of nitrogens with zero attached hydrogens (tertiary/aromatic N) is 2. The average molecular weight is 369 g/mol. The molecule has 27 heavy (non-hydrogen) atoms. The Morgan fingerprint density at radius 3 is 2.52 bits per heavy atom. The average Bonchev–Trinajstić information content (AvgIpc) is 2.68. The Balaban J connectivity index is 1.51. The van der Waals surface area contributed by atoms with Gasteiger partial charge in [0.15, 0.2) is 6.61 Å². The highest BCUT2D eigenvalue weighted by Crippen LogP contribution is 2.25. The van der Waals surface area contributed by atoms with E-state index < -0.39 is 4.92 Å². The van der Waals surface area contributed by atoms with Crippen LogP contribution < -0.4 is 15.0 Å². The van der Waals surface area contributed by atoms with Crippen molar-refractivity contribution in [3.8, 4) is 5.75 Å². The van der Waals surface area contributed by atoms with Gasteiger partial charge in [0.05, 0.1) is 4.92 Å². The lowest BCUT2D eigenvalue weighted by Crippen LogP contribution is -2.37. The molecule has 1 heterocycles. The van der Waals surface area contributed by atoms with Gasteiger partial charge in [0.25, 0.3) is 11.6 Å². The molecule has 2 aromatic carbocycles. The Kier molecular flexibility index (Phi) is 5.90. The normalized spacial score (nSPS) is 16.6.